The average molecular weight is 412 g/mol. The molecule has 0 radical (unpaired) electrons. The van der Waals surface area contributed by atoms with Crippen molar-refractivity contribution >= 4 is 17.5 Å². The van der Waals surface area contributed by atoms with Gasteiger partial charge in [0.05, 0.1) is 32.4 Å². The van der Waals surface area contributed by atoms with Gasteiger partial charge in [-0.05, 0) is 43.2 Å². The van der Waals surface area contributed by atoms with Crippen LogP contribution in [-0.2, 0) is 16.0 Å². The number of anilines is 1. The minimum Gasteiger partial charge on any atom is -0.493 e. The lowest BCUT2D eigenvalue weighted by Gasteiger charge is -2.20. The van der Waals surface area contributed by atoms with Crippen LogP contribution in [0.25, 0.3) is 0 Å². The summed E-state index contributed by atoms with van der Waals surface area (Å²) in [5.41, 5.74) is 1.74. The molecule has 30 heavy (non-hydrogen) atoms. The third-order valence-corrected chi connectivity index (χ3v) is 5.11. The van der Waals surface area contributed by atoms with Gasteiger partial charge in [-0.25, -0.2) is 0 Å². The molecule has 1 fully saturated rings. The lowest BCUT2D eigenvalue weighted by Crippen LogP contribution is -2.34. The Morgan fingerprint density at radius 1 is 1.10 bits per heavy atom. The van der Waals surface area contributed by atoms with E-state index in [-0.39, 0.29) is 24.2 Å². The predicted octanol–water partition coefficient (Wildman–Crippen LogP) is 2.81. The Balaban J connectivity index is 1.56. The van der Waals surface area contributed by atoms with Crippen LogP contribution < -0.4 is 24.4 Å². The molecule has 0 bridgehead atoms. The van der Waals surface area contributed by atoms with E-state index in [2.05, 4.69) is 5.32 Å². The zero-order valence-electron chi connectivity index (χ0n) is 17.6. The van der Waals surface area contributed by atoms with Gasteiger partial charge in [0.2, 0.25) is 11.8 Å². The van der Waals surface area contributed by atoms with E-state index >= 15 is 0 Å². The van der Waals surface area contributed by atoms with Gasteiger partial charge in [-0.1, -0.05) is 18.2 Å². The van der Waals surface area contributed by atoms with E-state index in [0.29, 0.717) is 49.1 Å². The van der Waals surface area contributed by atoms with Gasteiger partial charge in [-0.3, -0.25) is 9.59 Å². The van der Waals surface area contributed by atoms with E-state index in [9.17, 15) is 9.59 Å². The number of amides is 2. The summed E-state index contributed by atoms with van der Waals surface area (Å²) in [6, 6.07) is 13.1. The van der Waals surface area contributed by atoms with Crippen LogP contribution >= 0.6 is 0 Å². The summed E-state index contributed by atoms with van der Waals surface area (Å²) in [7, 11) is 3.19. The highest BCUT2D eigenvalue weighted by atomic mass is 16.5. The Kier molecular flexibility index (Phi) is 7.17. The van der Waals surface area contributed by atoms with E-state index in [1.165, 1.54) is 0 Å². The molecular weight excluding hydrogens is 384 g/mol. The highest BCUT2D eigenvalue weighted by molar-refractivity contribution is 6.01. The Morgan fingerprint density at radius 3 is 2.60 bits per heavy atom. The molecule has 1 heterocycles. The van der Waals surface area contributed by atoms with Gasteiger partial charge in [0, 0.05) is 19.5 Å². The Hall–Kier alpha value is -3.22. The number of nitrogens with zero attached hydrogens (tertiary/aromatic N) is 1. The summed E-state index contributed by atoms with van der Waals surface area (Å²) in [6.45, 7) is 3.25. The molecule has 2 aromatic rings. The average Bonchev–Trinajstić information content (AvgIpc) is 3.15. The second-order valence-electron chi connectivity index (χ2n) is 7.04. The maximum Gasteiger partial charge on any atom is 0.227 e. The first-order valence-corrected chi connectivity index (χ1v) is 10.1. The van der Waals surface area contributed by atoms with Crippen LogP contribution in [0.1, 0.15) is 18.9 Å². The van der Waals surface area contributed by atoms with E-state index in [4.69, 9.17) is 14.2 Å². The number of nitrogens with one attached hydrogen (secondary N) is 1. The van der Waals surface area contributed by atoms with Gasteiger partial charge in [0.1, 0.15) is 5.75 Å². The Labute approximate surface area is 176 Å². The number of ether oxygens (including phenoxy) is 3. The number of carbonyl (C=O) groups excluding carboxylic acids is 2. The summed E-state index contributed by atoms with van der Waals surface area (Å²) in [5.74, 6) is 1.43. The van der Waals surface area contributed by atoms with Crippen LogP contribution in [0.3, 0.4) is 0 Å². The lowest BCUT2D eigenvalue weighted by atomic mass is 10.1. The van der Waals surface area contributed by atoms with Crippen LogP contribution in [0.15, 0.2) is 42.5 Å². The van der Waals surface area contributed by atoms with Gasteiger partial charge in [-0.15, -0.1) is 0 Å². The maximum absolute atomic E-state index is 12.6. The van der Waals surface area contributed by atoms with Crippen molar-refractivity contribution in [3.8, 4) is 17.2 Å². The second-order valence-corrected chi connectivity index (χ2v) is 7.04. The van der Waals surface area contributed by atoms with Crippen LogP contribution in [-0.4, -0.2) is 45.7 Å². The molecule has 2 aromatic carbocycles. The van der Waals surface area contributed by atoms with E-state index in [1.54, 1.807) is 19.1 Å². The first-order chi connectivity index (χ1) is 14.6. The Morgan fingerprint density at radius 2 is 1.87 bits per heavy atom. The molecule has 1 saturated heterocycles. The smallest absolute Gasteiger partial charge is 0.227 e. The van der Waals surface area contributed by atoms with Crippen LogP contribution in [0.5, 0.6) is 17.2 Å². The number of hydrogen-bond acceptors (Lipinski definition) is 5. The number of rotatable bonds is 9. The topological polar surface area (TPSA) is 77.1 Å². The van der Waals surface area contributed by atoms with Crippen LogP contribution in [0.2, 0.25) is 0 Å². The highest BCUT2D eigenvalue weighted by Crippen LogP contribution is 2.33. The summed E-state index contributed by atoms with van der Waals surface area (Å²) in [5, 5.41) is 2.95. The summed E-state index contributed by atoms with van der Waals surface area (Å²) >= 11 is 0. The van der Waals surface area contributed by atoms with Crippen molar-refractivity contribution in [2.24, 2.45) is 5.92 Å². The Bertz CT molecular complexity index is 899. The molecule has 1 aliphatic heterocycles. The van der Waals surface area contributed by atoms with E-state index < -0.39 is 0 Å². The van der Waals surface area contributed by atoms with E-state index in [0.717, 1.165) is 5.56 Å². The quantitative estimate of drug-likeness (QED) is 0.685. The summed E-state index contributed by atoms with van der Waals surface area (Å²) in [6.07, 6.45) is 0.853. The molecule has 0 aliphatic carbocycles. The molecule has 0 aromatic heterocycles. The molecule has 2 amide bonds. The van der Waals surface area contributed by atoms with E-state index in [1.807, 2.05) is 49.4 Å². The predicted molar refractivity (Wildman–Crippen MR) is 114 cm³/mol. The fourth-order valence-electron chi connectivity index (χ4n) is 3.58. The van der Waals surface area contributed by atoms with Gasteiger partial charge in [0.15, 0.2) is 11.5 Å². The van der Waals surface area contributed by atoms with Crippen LogP contribution in [0, 0.1) is 5.92 Å². The van der Waals surface area contributed by atoms with Crippen molar-refractivity contribution in [1.29, 1.82) is 0 Å². The lowest BCUT2D eigenvalue weighted by molar-refractivity contribution is -0.126. The molecule has 0 spiro atoms. The number of benzene rings is 2. The van der Waals surface area contributed by atoms with Gasteiger partial charge >= 0.3 is 0 Å². The van der Waals surface area contributed by atoms with Crippen LogP contribution in [0.4, 0.5) is 5.69 Å². The normalized spacial score (nSPS) is 15.8. The van der Waals surface area contributed by atoms with Crippen molar-refractivity contribution in [3.05, 3.63) is 48.0 Å². The minimum absolute atomic E-state index is 0.0674. The maximum atomic E-state index is 12.6. The van der Waals surface area contributed by atoms with Crippen molar-refractivity contribution in [2.45, 2.75) is 19.8 Å². The number of methoxy groups -OCH3 is 2. The summed E-state index contributed by atoms with van der Waals surface area (Å²) in [4.78, 5) is 26.8. The highest BCUT2D eigenvalue weighted by Gasteiger charge is 2.36. The van der Waals surface area contributed by atoms with Gasteiger partial charge in [-0.2, -0.15) is 0 Å². The summed E-state index contributed by atoms with van der Waals surface area (Å²) < 4.78 is 16.2. The molecule has 160 valence electrons. The molecule has 0 saturated carbocycles. The first-order valence-electron chi connectivity index (χ1n) is 10.1. The van der Waals surface area contributed by atoms with Crippen molar-refractivity contribution in [3.63, 3.8) is 0 Å². The molecule has 1 N–H and O–H groups in total. The van der Waals surface area contributed by atoms with Crippen molar-refractivity contribution in [2.75, 3.05) is 38.8 Å². The molecular formula is C23H28N2O5. The third-order valence-electron chi connectivity index (χ3n) is 5.11. The van der Waals surface area contributed by atoms with Gasteiger partial charge < -0.3 is 24.4 Å². The fraction of sp³-hybridized carbons (Fsp3) is 0.391. The molecule has 1 atom stereocenters. The molecule has 7 nitrogen and oxygen atoms in total. The minimum atomic E-state index is -0.377. The zero-order chi connectivity index (χ0) is 21.5. The molecule has 7 heteroatoms. The standard InChI is InChI=1S/C23H28N2O5/c1-4-30-19-8-6-5-7-18(19)25-15-17(14-22(25)26)23(27)24-12-11-16-9-10-20(28-2)21(13-16)29-3/h5-10,13,17H,4,11-12,14-15H2,1-3H3,(H,24,27)/t17-/m0/s1. The van der Waals surface area contributed by atoms with Crippen molar-refractivity contribution in [1.82, 2.24) is 5.32 Å². The third kappa shape index (κ3) is 4.84. The fourth-order valence-corrected chi connectivity index (χ4v) is 3.58. The number of hydrogen-bond donors (Lipinski definition) is 1. The first kappa shape index (κ1) is 21.5. The molecule has 1 aliphatic rings. The zero-order valence-corrected chi connectivity index (χ0v) is 17.6. The SMILES string of the molecule is CCOc1ccccc1N1C[C@@H](C(=O)NCCc2ccc(OC)c(OC)c2)CC1=O. The molecule has 0 unspecified atom stereocenters. The second kappa shape index (κ2) is 10.0. The van der Waals surface area contributed by atoms with Gasteiger partial charge in [0.25, 0.3) is 0 Å². The van der Waals surface area contributed by atoms with Crippen molar-refractivity contribution < 1.29 is 23.8 Å². The number of carbonyl (C=O) groups is 2. The number of para-hydroxylation sites is 2. The largest absolute Gasteiger partial charge is 0.493 e. The monoisotopic (exact) mass is 412 g/mol. The molecule has 3 rings (SSSR count).